The van der Waals surface area contributed by atoms with E-state index in [1.54, 1.807) is 12.1 Å². The molecule has 2 amide bonds. The van der Waals surface area contributed by atoms with Gasteiger partial charge in [-0.2, -0.15) is 5.10 Å². The molecule has 8 heteroatoms. The summed E-state index contributed by atoms with van der Waals surface area (Å²) in [5.41, 5.74) is 1.96. The molecule has 2 N–H and O–H groups in total. The summed E-state index contributed by atoms with van der Waals surface area (Å²) in [5.74, 6) is -0.538. The molecular formula is C21H26N4O4. The van der Waals surface area contributed by atoms with Gasteiger partial charge in [-0.25, -0.2) is 4.79 Å². The van der Waals surface area contributed by atoms with Crippen LogP contribution in [-0.4, -0.2) is 50.7 Å². The van der Waals surface area contributed by atoms with Crippen molar-refractivity contribution in [2.24, 2.45) is 11.8 Å². The van der Waals surface area contributed by atoms with E-state index in [1.807, 2.05) is 17.9 Å². The van der Waals surface area contributed by atoms with Crippen molar-refractivity contribution in [3.05, 3.63) is 47.3 Å². The highest BCUT2D eigenvalue weighted by Crippen LogP contribution is 2.24. The van der Waals surface area contributed by atoms with Crippen LogP contribution in [0.4, 0.5) is 5.69 Å². The fraction of sp³-hybridized carbons (Fsp3) is 0.429. The first kappa shape index (κ1) is 20.6. The maximum Gasteiger partial charge on any atom is 0.338 e. The standard InChI is InChI=1S/C21H26N4O4/c1-13-6-14(2)10-24(9-13)20(27)16-5-4-15(3)18(7-16)23-19(26)12-25-11-17(8-22-25)21(28)29/h4-5,7-8,11,13-14H,6,9-10,12H2,1-3H3,(H,23,26)(H,28,29). The van der Waals surface area contributed by atoms with E-state index >= 15 is 0 Å². The Hall–Kier alpha value is -3.16. The largest absolute Gasteiger partial charge is 0.478 e. The molecule has 8 nitrogen and oxygen atoms in total. The molecule has 1 aromatic heterocycles. The van der Waals surface area contributed by atoms with Crippen LogP contribution in [0.5, 0.6) is 0 Å². The molecule has 1 aliphatic rings. The topological polar surface area (TPSA) is 105 Å². The molecule has 0 spiro atoms. The van der Waals surface area contributed by atoms with Crippen LogP contribution in [0.2, 0.25) is 0 Å². The van der Waals surface area contributed by atoms with E-state index < -0.39 is 5.97 Å². The number of nitrogens with zero attached hydrogens (tertiary/aromatic N) is 3. The Morgan fingerprint density at radius 3 is 2.48 bits per heavy atom. The molecule has 0 bridgehead atoms. The van der Waals surface area contributed by atoms with Gasteiger partial charge in [0, 0.05) is 30.5 Å². The Bertz CT molecular complexity index is 927. The van der Waals surface area contributed by atoms with Crippen LogP contribution in [0, 0.1) is 18.8 Å². The summed E-state index contributed by atoms with van der Waals surface area (Å²) in [4.78, 5) is 38.1. The number of carboxylic acids is 1. The van der Waals surface area contributed by atoms with E-state index in [2.05, 4.69) is 24.3 Å². The number of aromatic nitrogens is 2. The van der Waals surface area contributed by atoms with Crippen molar-refractivity contribution in [3.8, 4) is 0 Å². The maximum absolute atomic E-state index is 12.9. The third kappa shape index (κ3) is 5.01. The molecule has 0 saturated carbocycles. The van der Waals surface area contributed by atoms with Gasteiger partial charge in [-0.3, -0.25) is 14.3 Å². The number of aryl methyl sites for hydroxylation is 1. The monoisotopic (exact) mass is 398 g/mol. The van der Waals surface area contributed by atoms with Crippen LogP contribution in [0.15, 0.2) is 30.6 Å². The van der Waals surface area contributed by atoms with Crippen LogP contribution < -0.4 is 5.32 Å². The zero-order chi connectivity index (χ0) is 21.1. The van der Waals surface area contributed by atoms with Gasteiger partial charge >= 0.3 is 5.97 Å². The second-order valence-electron chi connectivity index (χ2n) is 7.97. The Balaban J connectivity index is 1.70. The summed E-state index contributed by atoms with van der Waals surface area (Å²) < 4.78 is 1.26. The van der Waals surface area contributed by atoms with Gasteiger partial charge in [0.25, 0.3) is 5.91 Å². The molecule has 2 atom stereocenters. The summed E-state index contributed by atoms with van der Waals surface area (Å²) in [6.07, 6.45) is 3.62. The van der Waals surface area contributed by atoms with Crippen molar-refractivity contribution in [1.82, 2.24) is 14.7 Å². The highest BCUT2D eigenvalue weighted by Gasteiger charge is 2.26. The number of benzene rings is 1. The third-order valence-corrected chi connectivity index (χ3v) is 5.10. The van der Waals surface area contributed by atoms with Gasteiger partial charge in [0.1, 0.15) is 6.54 Å². The number of carbonyl (C=O) groups excluding carboxylic acids is 2. The average molecular weight is 398 g/mol. The third-order valence-electron chi connectivity index (χ3n) is 5.10. The molecule has 154 valence electrons. The van der Waals surface area contributed by atoms with E-state index in [0.717, 1.165) is 25.1 Å². The number of carboxylic acid groups (broad SMARTS) is 1. The van der Waals surface area contributed by atoms with E-state index in [4.69, 9.17) is 5.11 Å². The van der Waals surface area contributed by atoms with Gasteiger partial charge in [0.15, 0.2) is 0 Å². The van der Waals surface area contributed by atoms with Crippen LogP contribution in [0.25, 0.3) is 0 Å². The number of piperidine rings is 1. The molecule has 1 fully saturated rings. The van der Waals surface area contributed by atoms with Gasteiger partial charge in [-0.15, -0.1) is 0 Å². The van der Waals surface area contributed by atoms with Crippen LogP contribution in [0.1, 0.15) is 46.5 Å². The molecular weight excluding hydrogens is 372 g/mol. The number of carbonyl (C=O) groups is 3. The van der Waals surface area contributed by atoms with Gasteiger partial charge in [-0.05, 0) is 42.9 Å². The summed E-state index contributed by atoms with van der Waals surface area (Å²) in [6.45, 7) is 7.52. The average Bonchev–Trinajstić information content (AvgIpc) is 3.11. The summed E-state index contributed by atoms with van der Waals surface area (Å²) in [7, 11) is 0. The minimum absolute atomic E-state index is 0.0200. The highest BCUT2D eigenvalue weighted by atomic mass is 16.4. The number of amides is 2. The lowest BCUT2D eigenvalue weighted by molar-refractivity contribution is -0.116. The second-order valence-corrected chi connectivity index (χ2v) is 7.97. The van der Waals surface area contributed by atoms with Gasteiger partial charge < -0.3 is 15.3 Å². The minimum atomic E-state index is -1.10. The lowest BCUT2D eigenvalue weighted by Gasteiger charge is -2.35. The van der Waals surface area contributed by atoms with Crippen LogP contribution in [0.3, 0.4) is 0 Å². The summed E-state index contributed by atoms with van der Waals surface area (Å²) in [6, 6.07) is 5.30. The zero-order valence-corrected chi connectivity index (χ0v) is 16.9. The molecule has 29 heavy (non-hydrogen) atoms. The molecule has 1 saturated heterocycles. The molecule has 1 aromatic carbocycles. The second kappa shape index (κ2) is 8.46. The van der Waals surface area contributed by atoms with Crippen LogP contribution in [-0.2, 0) is 11.3 Å². The maximum atomic E-state index is 12.9. The van der Waals surface area contributed by atoms with Crippen LogP contribution >= 0.6 is 0 Å². The number of anilines is 1. The highest BCUT2D eigenvalue weighted by molar-refractivity contribution is 5.98. The first-order chi connectivity index (χ1) is 13.7. The van der Waals surface area contributed by atoms with Crippen molar-refractivity contribution >= 4 is 23.5 Å². The van der Waals surface area contributed by atoms with E-state index in [-0.39, 0.29) is 23.9 Å². The molecule has 0 aliphatic carbocycles. The lowest BCUT2D eigenvalue weighted by Crippen LogP contribution is -2.42. The number of hydrogen-bond acceptors (Lipinski definition) is 4. The minimum Gasteiger partial charge on any atom is -0.478 e. The summed E-state index contributed by atoms with van der Waals surface area (Å²) >= 11 is 0. The number of aromatic carboxylic acids is 1. The number of likely N-dealkylation sites (tertiary alicyclic amines) is 1. The van der Waals surface area contributed by atoms with E-state index in [0.29, 0.717) is 23.1 Å². The van der Waals surface area contributed by atoms with Crippen molar-refractivity contribution in [2.45, 2.75) is 33.7 Å². The summed E-state index contributed by atoms with van der Waals surface area (Å²) in [5, 5.41) is 15.6. The first-order valence-corrected chi connectivity index (χ1v) is 9.68. The Morgan fingerprint density at radius 2 is 1.86 bits per heavy atom. The van der Waals surface area contributed by atoms with Crippen molar-refractivity contribution in [2.75, 3.05) is 18.4 Å². The number of hydrogen-bond donors (Lipinski definition) is 2. The molecule has 2 unspecified atom stereocenters. The Morgan fingerprint density at radius 1 is 1.17 bits per heavy atom. The van der Waals surface area contributed by atoms with E-state index in [9.17, 15) is 14.4 Å². The SMILES string of the molecule is Cc1ccc(C(=O)N2CC(C)CC(C)C2)cc1NC(=O)Cn1cc(C(=O)O)cn1. The predicted octanol–water partition coefficient (Wildman–Crippen LogP) is 2.65. The fourth-order valence-corrected chi connectivity index (χ4v) is 3.80. The first-order valence-electron chi connectivity index (χ1n) is 9.68. The molecule has 2 aromatic rings. The Labute approximate surface area is 169 Å². The van der Waals surface area contributed by atoms with Gasteiger partial charge in [0.2, 0.25) is 5.91 Å². The van der Waals surface area contributed by atoms with Crippen molar-refractivity contribution in [3.63, 3.8) is 0 Å². The lowest BCUT2D eigenvalue weighted by atomic mass is 9.91. The predicted molar refractivity (Wildman–Crippen MR) is 108 cm³/mol. The normalized spacial score (nSPS) is 19.1. The zero-order valence-electron chi connectivity index (χ0n) is 16.9. The van der Waals surface area contributed by atoms with Crippen molar-refractivity contribution < 1.29 is 19.5 Å². The van der Waals surface area contributed by atoms with Crippen molar-refractivity contribution in [1.29, 1.82) is 0 Å². The van der Waals surface area contributed by atoms with E-state index in [1.165, 1.54) is 17.1 Å². The Kier molecular flexibility index (Phi) is 6.00. The molecule has 0 radical (unpaired) electrons. The molecule has 3 rings (SSSR count). The number of nitrogens with one attached hydrogen (secondary N) is 1. The quantitative estimate of drug-likeness (QED) is 0.806. The number of rotatable bonds is 5. The molecule has 1 aliphatic heterocycles. The van der Waals surface area contributed by atoms with Gasteiger partial charge in [-0.1, -0.05) is 19.9 Å². The van der Waals surface area contributed by atoms with Gasteiger partial charge in [0.05, 0.1) is 11.8 Å². The smallest absolute Gasteiger partial charge is 0.338 e. The molecule has 2 heterocycles. The fourth-order valence-electron chi connectivity index (χ4n) is 3.80.